The molecule has 0 unspecified atom stereocenters. The van der Waals surface area contributed by atoms with Gasteiger partial charge >= 0.3 is 0 Å². The molecule has 0 aliphatic heterocycles. The van der Waals surface area contributed by atoms with Crippen molar-refractivity contribution in [1.82, 2.24) is 14.8 Å². The van der Waals surface area contributed by atoms with Gasteiger partial charge in [0.2, 0.25) is 5.91 Å². The maximum atomic E-state index is 13.5. The number of carbonyl (C=O) groups is 2. The molecule has 0 saturated carbocycles. The van der Waals surface area contributed by atoms with Crippen LogP contribution in [0, 0.1) is 5.82 Å². The number of aromatic nitrogens is 1. The van der Waals surface area contributed by atoms with Gasteiger partial charge in [0.1, 0.15) is 12.4 Å². The maximum absolute atomic E-state index is 13.5. The third kappa shape index (κ3) is 5.72. The van der Waals surface area contributed by atoms with E-state index in [-0.39, 0.29) is 24.2 Å². The first-order chi connectivity index (χ1) is 16.5. The van der Waals surface area contributed by atoms with Gasteiger partial charge in [-0.15, -0.1) is 11.3 Å². The number of para-hydroxylation sites is 1. The molecule has 2 aromatic heterocycles. The molecule has 1 N–H and O–H groups in total. The highest BCUT2D eigenvalue weighted by atomic mass is 32.1. The standard InChI is InChI=1S/C27H28FN3O2S/c1-2-14-31(27(33)25-8-5-16-34-25)19-26(32)30(18-20-9-11-22(28)12-10-20)15-13-21-17-29-24-7-4-3-6-23(21)24/h3-12,16-17,29H,2,13-15,18-19H2,1H3. The molecule has 0 fully saturated rings. The zero-order valence-corrected chi connectivity index (χ0v) is 20.0. The molecule has 176 valence electrons. The molecule has 0 radical (unpaired) electrons. The Kier molecular flexibility index (Phi) is 7.75. The van der Waals surface area contributed by atoms with Crippen LogP contribution in [0.2, 0.25) is 0 Å². The van der Waals surface area contributed by atoms with Crippen LogP contribution in [-0.2, 0) is 17.8 Å². The lowest BCUT2D eigenvalue weighted by Gasteiger charge is -2.27. The van der Waals surface area contributed by atoms with E-state index in [9.17, 15) is 14.0 Å². The van der Waals surface area contributed by atoms with Gasteiger partial charge in [-0.1, -0.05) is 43.3 Å². The number of thiophene rings is 1. The van der Waals surface area contributed by atoms with Crippen molar-refractivity contribution in [3.63, 3.8) is 0 Å². The van der Waals surface area contributed by atoms with E-state index in [0.717, 1.165) is 28.5 Å². The summed E-state index contributed by atoms with van der Waals surface area (Å²) >= 11 is 1.38. The summed E-state index contributed by atoms with van der Waals surface area (Å²) in [5.41, 5.74) is 3.04. The topological polar surface area (TPSA) is 56.4 Å². The van der Waals surface area contributed by atoms with Gasteiger partial charge in [-0.3, -0.25) is 9.59 Å². The van der Waals surface area contributed by atoms with Crippen LogP contribution in [0.3, 0.4) is 0 Å². The highest BCUT2D eigenvalue weighted by Gasteiger charge is 2.23. The first-order valence-electron chi connectivity index (χ1n) is 11.4. The molecule has 5 nitrogen and oxygen atoms in total. The molecule has 2 heterocycles. The van der Waals surface area contributed by atoms with Crippen molar-refractivity contribution >= 4 is 34.1 Å². The second-order valence-electron chi connectivity index (χ2n) is 8.26. The van der Waals surface area contributed by atoms with Gasteiger partial charge in [0.05, 0.1) is 4.88 Å². The highest BCUT2D eigenvalue weighted by Crippen LogP contribution is 2.19. The maximum Gasteiger partial charge on any atom is 0.264 e. The Labute approximate surface area is 202 Å². The number of benzene rings is 2. The van der Waals surface area contributed by atoms with Gasteiger partial charge in [-0.25, -0.2) is 4.39 Å². The number of rotatable bonds is 10. The molecule has 4 rings (SSSR count). The Hall–Kier alpha value is -3.45. The minimum absolute atomic E-state index is 0.0135. The fraction of sp³-hybridized carbons (Fsp3) is 0.259. The van der Waals surface area contributed by atoms with E-state index in [2.05, 4.69) is 11.1 Å². The molecule has 34 heavy (non-hydrogen) atoms. The average molecular weight is 478 g/mol. The fourth-order valence-corrected chi connectivity index (χ4v) is 4.73. The average Bonchev–Trinajstić information content (AvgIpc) is 3.53. The summed E-state index contributed by atoms with van der Waals surface area (Å²) in [5.74, 6) is -0.554. The summed E-state index contributed by atoms with van der Waals surface area (Å²) in [5, 5.41) is 3.00. The summed E-state index contributed by atoms with van der Waals surface area (Å²) < 4.78 is 13.4. The number of aromatic amines is 1. The largest absolute Gasteiger partial charge is 0.361 e. The Balaban J connectivity index is 1.52. The predicted molar refractivity (Wildman–Crippen MR) is 134 cm³/mol. The molecule has 0 aliphatic rings. The van der Waals surface area contributed by atoms with Crippen LogP contribution in [0.1, 0.15) is 34.1 Å². The van der Waals surface area contributed by atoms with E-state index >= 15 is 0 Å². The summed E-state index contributed by atoms with van der Waals surface area (Å²) in [6.07, 6.45) is 3.41. The first kappa shape index (κ1) is 23.7. The lowest BCUT2D eigenvalue weighted by Crippen LogP contribution is -2.43. The molecule has 0 saturated heterocycles. The third-order valence-corrected chi connectivity index (χ3v) is 6.66. The molecular weight excluding hydrogens is 449 g/mol. The van der Waals surface area contributed by atoms with Gasteiger partial charge in [0, 0.05) is 36.7 Å². The van der Waals surface area contributed by atoms with E-state index in [1.165, 1.54) is 23.5 Å². The number of halogens is 1. The molecule has 4 aromatic rings. The van der Waals surface area contributed by atoms with Crippen LogP contribution in [-0.4, -0.2) is 46.2 Å². The molecule has 0 aliphatic carbocycles. The van der Waals surface area contributed by atoms with Crippen LogP contribution in [0.15, 0.2) is 72.2 Å². The minimum Gasteiger partial charge on any atom is -0.361 e. The Bertz CT molecular complexity index is 1230. The monoisotopic (exact) mass is 477 g/mol. The number of nitrogens with one attached hydrogen (secondary N) is 1. The first-order valence-corrected chi connectivity index (χ1v) is 12.3. The second-order valence-corrected chi connectivity index (χ2v) is 9.20. The number of H-pyrrole nitrogens is 1. The molecule has 0 bridgehead atoms. The summed E-state index contributed by atoms with van der Waals surface area (Å²) in [7, 11) is 0. The molecule has 0 atom stereocenters. The zero-order chi connectivity index (χ0) is 23.9. The highest BCUT2D eigenvalue weighted by molar-refractivity contribution is 7.12. The van der Waals surface area contributed by atoms with Crippen LogP contribution in [0.25, 0.3) is 10.9 Å². The summed E-state index contributed by atoms with van der Waals surface area (Å²) in [6, 6.07) is 17.9. The van der Waals surface area contributed by atoms with E-state index in [1.54, 1.807) is 28.0 Å². The third-order valence-electron chi connectivity index (χ3n) is 5.80. The van der Waals surface area contributed by atoms with Crippen molar-refractivity contribution in [3.05, 3.63) is 94.1 Å². The smallest absolute Gasteiger partial charge is 0.264 e. The minimum atomic E-state index is -0.309. The lowest BCUT2D eigenvalue weighted by molar-refractivity contribution is -0.132. The number of hydrogen-bond acceptors (Lipinski definition) is 3. The van der Waals surface area contributed by atoms with Crippen molar-refractivity contribution < 1.29 is 14.0 Å². The van der Waals surface area contributed by atoms with Crippen LogP contribution >= 0.6 is 11.3 Å². The van der Waals surface area contributed by atoms with Crippen LogP contribution < -0.4 is 0 Å². The molecule has 2 amide bonds. The van der Waals surface area contributed by atoms with Crippen molar-refractivity contribution in [2.24, 2.45) is 0 Å². The Morgan fingerprint density at radius 2 is 1.76 bits per heavy atom. The van der Waals surface area contributed by atoms with Crippen molar-refractivity contribution in [2.75, 3.05) is 19.6 Å². The van der Waals surface area contributed by atoms with Gasteiger partial charge in [-0.2, -0.15) is 0 Å². The zero-order valence-electron chi connectivity index (χ0n) is 19.2. The van der Waals surface area contributed by atoms with Crippen molar-refractivity contribution in [3.8, 4) is 0 Å². The summed E-state index contributed by atoms with van der Waals surface area (Å²) in [6.45, 7) is 3.36. The number of amides is 2. The number of nitrogens with zero attached hydrogens (tertiary/aromatic N) is 2. The molecule has 0 spiro atoms. The van der Waals surface area contributed by atoms with Crippen molar-refractivity contribution in [1.29, 1.82) is 0 Å². The van der Waals surface area contributed by atoms with Gasteiger partial charge in [-0.05, 0) is 53.6 Å². The second kappa shape index (κ2) is 11.1. The van der Waals surface area contributed by atoms with E-state index in [1.807, 2.05) is 42.8 Å². The predicted octanol–water partition coefficient (Wildman–Crippen LogP) is 5.49. The molecule has 2 aromatic carbocycles. The van der Waals surface area contributed by atoms with Gasteiger partial charge in [0.15, 0.2) is 0 Å². The number of fused-ring (bicyclic) bond motifs is 1. The Morgan fingerprint density at radius 3 is 2.50 bits per heavy atom. The van der Waals surface area contributed by atoms with E-state index < -0.39 is 0 Å². The SMILES string of the molecule is CCCN(CC(=O)N(CCc1c[nH]c2ccccc12)Cc1ccc(F)cc1)C(=O)c1cccs1. The number of hydrogen-bond donors (Lipinski definition) is 1. The van der Waals surface area contributed by atoms with Gasteiger partial charge in [0.25, 0.3) is 5.91 Å². The molecule has 7 heteroatoms. The normalized spacial score (nSPS) is 11.0. The van der Waals surface area contributed by atoms with Gasteiger partial charge < -0.3 is 14.8 Å². The lowest BCUT2D eigenvalue weighted by atomic mass is 10.1. The van der Waals surface area contributed by atoms with Crippen LogP contribution in [0.5, 0.6) is 0 Å². The fourth-order valence-electron chi connectivity index (χ4n) is 4.04. The summed E-state index contributed by atoms with van der Waals surface area (Å²) in [4.78, 5) is 33.7. The quantitative estimate of drug-likeness (QED) is 0.328. The molecular formula is C27H28FN3O2S. The van der Waals surface area contributed by atoms with Crippen molar-refractivity contribution in [2.45, 2.75) is 26.3 Å². The van der Waals surface area contributed by atoms with E-state index in [0.29, 0.717) is 30.9 Å². The number of carbonyl (C=O) groups excluding carboxylic acids is 2. The van der Waals surface area contributed by atoms with Crippen LogP contribution in [0.4, 0.5) is 4.39 Å². The van der Waals surface area contributed by atoms with E-state index in [4.69, 9.17) is 0 Å². The Morgan fingerprint density at radius 1 is 0.971 bits per heavy atom.